The van der Waals surface area contributed by atoms with Crippen LogP contribution >= 0.6 is 11.8 Å². The highest BCUT2D eigenvalue weighted by atomic mass is 32.2. The van der Waals surface area contributed by atoms with E-state index in [0.29, 0.717) is 39.0 Å². The molecule has 1 atom stereocenters. The first kappa shape index (κ1) is 21.8. The molecule has 0 aliphatic carbocycles. The average molecular weight is 451 g/mol. The number of aryl methyl sites for hydroxylation is 1. The van der Waals surface area contributed by atoms with Crippen molar-refractivity contribution in [2.45, 2.75) is 37.1 Å². The number of hydrogen-bond acceptors (Lipinski definition) is 8. The second kappa shape index (κ2) is 9.35. The fraction of sp³-hybridized carbons (Fsp3) is 0.261. The van der Waals surface area contributed by atoms with Crippen LogP contribution in [0.15, 0.2) is 63.0 Å². The van der Waals surface area contributed by atoms with E-state index in [1.165, 1.54) is 18.9 Å². The summed E-state index contributed by atoms with van der Waals surface area (Å²) < 4.78 is 11.8. The number of carbonyl (C=O) groups is 1. The van der Waals surface area contributed by atoms with E-state index in [0.717, 1.165) is 12.8 Å². The Morgan fingerprint density at radius 3 is 2.69 bits per heavy atom. The van der Waals surface area contributed by atoms with E-state index in [1.807, 2.05) is 44.2 Å². The Labute approximate surface area is 188 Å². The van der Waals surface area contributed by atoms with E-state index in [9.17, 15) is 9.59 Å². The molecule has 4 aromatic rings. The Hall–Kier alpha value is -3.46. The summed E-state index contributed by atoms with van der Waals surface area (Å²) in [7, 11) is 1.31. The van der Waals surface area contributed by atoms with Crippen molar-refractivity contribution in [1.82, 2.24) is 19.7 Å². The molecule has 9 heteroatoms. The minimum absolute atomic E-state index is 0.232. The van der Waals surface area contributed by atoms with E-state index in [4.69, 9.17) is 14.2 Å². The molecule has 0 unspecified atom stereocenters. The largest absolute Gasteiger partial charge is 0.465 e. The van der Waals surface area contributed by atoms with Gasteiger partial charge in [0.05, 0.1) is 34.5 Å². The van der Waals surface area contributed by atoms with E-state index < -0.39 is 5.97 Å². The van der Waals surface area contributed by atoms with Crippen LogP contribution < -0.4 is 5.56 Å². The molecule has 0 amide bonds. The zero-order valence-electron chi connectivity index (χ0n) is 17.9. The fourth-order valence-corrected chi connectivity index (χ4v) is 4.22. The minimum atomic E-state index is -0.488. The van der Waals surface area contributed by atoms with Crippen molar-refractivity contribution >= 4 is 28.6 Å². The standard InChI is InChI=1S/C23H22N4O4S/c1-4-8-19-25-20(31-26-19)14(2)32-23-24-18-13-15(22(29)30-3)11-12-17(18)21(28)27(23)16-9-6-5-7-10-16/h5-7,9-14H,4,8H2,1-3H3/t14-/m0/s1. The highest BCUT2D eigenvalue weighted by Crippen LogP contribution is 2.34. The van der Waals surface area contributed by atoms with E-state index in [-0.39, 0.29) is 10.8 Å². The van der Waals surface area contributed by atoms with Gasteiger partial charge in [0.25, 0.3) is 5.56 Å². The Kier molecular flexibility index (Phi) is 6.36. The number of nitrogens with zero attached hydrogens (tertiary/aromatic N) is 4. The normalized spacial score (nSPS) is 12.1. The highest BCUT2D eigenvalue weighted by Gasteiger charge is 2.21. The van der Waals surface area contributed by atoms with Crippen molar-refractivity contribution in [3.05, 3.63) is 76.2 Å². The maximum atomic E-state index is 13.4. The molecule has 2 heterocycles. The molecular weight excluding hydrogens is 428 g/mol. The van der Waals surface area contributed by atoms with Crippen LogP contribution in [0.2, 0.25) is 0 Å². The Morgan fingerprint density at radius 1 is 1.19 bits per heavy atom. The van der Waals surface area contributed by atoms with Gasteiger partial charge in [-0.3, -0.25) is 9.36 Å². The lowest BCUT2D eigenvalue weighted by Gasteiger charge is -2.15. The summed E-state index contributed by atoms with van der Waals surface area (Å²) in [6.07, 6.45) is 1.66. The smallest absolute Gasteiger partial charge is 0.337 e. The van der Waals surface area contributed by atoms with Gasteiger partial charge in [-0.25, -0.2) is 9.78 Å². The van der Waals surface area contributed by atoms with Gasteiger partial charge < -0.3 is 9.26 Å². The van der Waals surface area contributed by atoms with Gasteiger partial charge in [-0.15, -0.1) is 0 Å². The molecule has 0 spiro atoms. The van der Waals surface area contributed by atoms with Crippen molar-refractivity contribution in [3.63, 3.8) is 0 Å². The number of rotatable bonds is 7. The fourth-order valence-electron chi connectivity index (χ4n) is 3.26. The number of carbonyl (C=O) groups excluding carboxylic acids is 1. The van der Waals surface area contributed by atoms with Gasteiger partial charge >= 0.3 is 5.97 Å². The number of ether oxygens (including phenoxy) is 1. The van der Waals surface area contributed by atoms with Gasteiger partial charge in [0.1, 0.15) is 0 Å². The number of hydrogen-bond donors (Lipinski definition) is 0. The van der Waals surface area contributed by atoms with Crippen LogP contribution in [0.1, 0.15) is 47.6 Å². The average Bonchev–Trinajstić information content (AvgIpc) is 3.28. The minimum Gasteiger partial charge on any atom is -0.465 e. The third kappa shape index (κ3) is 4.29. The van der Waals surface area contributed by atoms with Gasteiger partial charge in [-0.2, -0.15) is 4.98 Å². The topological polar surface area (TPSA) is 100 Å². The van der Waals surface area contributed by atoms with Crippen LogP contribution in [0.3, 0.4) is 0 Å². The molecule has 0 N–H and O–H groups in total. The van der Waals surface area contributed by atoms with Crippen LogP contribution in [0.25, 0.3) is 16.6 Å². The van der Waals surface area contributed by atoms with Crippen LogP contribution in [0.5, 0.6) is 0 Å². The van der Waals surface area contributed by atoms with Gasteiger partial charge in [0, 0.05) is 6.42 Å². The van der Waals surface area contributed by atoms with Crippen LogP contribution in [-0.2, 0) is 11.2 Å². The summed E-state index contributed by atoms with van der Waals surface area (Å²) in [6, 6.07) is 14.0. The Bertz CT molecular complexity index is 1320. The van der Waals surface area contributed by atoms with Crippen molar-refractivity contribution in [1.29, 1.82) is 0 Å². The second-order valence-corrected chi connectivity index (χ2v) is 8.46. The second-order valence-electron chi connectivity index (χ2n) is 7.15. The molecule has 32 heavy (non-hydrogen) atoms. The van der Waals surface area contributed by atoms with E-state index in [2.05, 4.69) is 10.1 Å². The first-order chi connectivity index (χ1) is 15.5. The third-order valence-corrected chi connectivity index (χ3v) is 5.90. The number of para-hydroxylation sites is 1. The van der Waals surface area contributed by atoms with Crippen molar-refractivity contribution in [2.24, 2.45) is 0 Å². The zero-order chi connectivity index (χ0) is 22.7. The summed E-state index contributed by atoms with van der Waals surface area (Å²) in [5.74, 6) is 0.637. The number of benzene rings is 2. The molecule has 0 fully saturated rings. The number of thioether (sulfide) groups is 1. The molecule has 0 aliphatic heterocycles. The molecule has 8 nitrogen and oxygen atoms in total. The summed E-state index contributed by atoms with van der Waals surface area (Å²) in [5.41, 5.74) is 1.20. The predicted molar refractivity (Wildman–Crippen MR) is 121 cm³/mol. The van der Waals surface area contributed by atoms with Crippen LogP contribution in [0.4, 0.5) is 0 Å². The van der Waals surface area contributed by atoms with E-state index in [1.54, 1.807) is 22.8 Å². The Balaban J connectivity index is 1.83. The van der Waals surface area contributed by atoms with Crippen LogP contribution in [0, 0.1) is 0 Å². The van der Waals surface area contributed by atoms with Gasteiger partial charge in [0.2, 0.25) is 5.89 Å². The van der Waals surface area contributed by atoms with E-state index >= 15 is 0 Å². The molecule has 0 bridgehead atoms. The summed E-state index contributed by atoms with van der Waals surface area (Å²) in [4.78, 5) is 34.6. The summed E-state index contributed by atoms with van der Waals surface area (Å²) in [6.45, 7) is 3.97. The molecule has 2 aromatic heterocycles. The Morgan fingerprint density at radius 2 is 1.97 bits per heavy atom. The third-order valence-electron chi connectivity index (χ3n) is 4.86. The highest BCUT2D eigenvalue weighted by molar-refractivity contribution is 7.99. The molecular formula is C23H22N4O4S. The number of fused-ring (bicyclic) bond motifs is 1. The van der Waals surface area contributed by atoms with Crippen molar-refractivity contribution in [3.8, 4) is 5.69 Å². The van der Waals surface area contributed by atoms with Crippen molar-refractivity contribution in [2.75, 3.05) is 7.11 Å². The first-order valence-electron chi connectivity index (χ1n) is 10.2. The molecule has 2 aromatic carbocycles. The zero-order valence-corrected chi connectivity index (χ0v) is 18.8. The molecule has 164 valence electrons. The van der Waals surface area contributed by atoms with Gasteiger partial charge in [-0.1, -0.05) is 42.0 Å². The predicted octanol–water partition coefficient (Wildman–Crippen LogP) is 4.36. The van der Waals surface area contributed by atoms with Crippen LogP contribution in [-0.4, -0.2) is 32.8 Å². The number of esters is 1. The van der Waals surface area contributed by atoms with Gasteiger partial charge in [-0.05, 0) is 43.7 Å². The molecule has 4 rings (SSSR count). The molecule has 0 aliphatic rings. The monoisotopic (exact) mass is 450 g/mol. The number of methoxy groups -OCH3 is 1. The molecule has 0 saturated carbocycles. The quantitative estimate of drug-likeness (QED) is 0.233. The van der Waals surface area contributed by atoms with Crippen molar-refractivity contribution < 1.29 is 14.1 Å². The molecule has 0 radical (unpaired) electrons. The summed E-state index contributed by atoms with van der Waals surface area (Å²) in [5, 5.41) is 4.64. The lowest BCUT2D eigenvalue weighted by Crippen LogP contribution is -2.22. The maximum Gasteiger partial charge on any atom is 0.337 e. The SMILES string of the molecule is CCCc1noc([C@H](C)Sc2nc3cc(C(=O)OC)ccc3c(=O)n2-c2ccccc2)n1. The maximum absolute atomic E-state index is 13.4. The lowest BCUT2D eigenvalue weighted by molar-refractivity contribution is 0.0601. The molecule has 0 saturated heterocycles. The summed E-state index contributed by atoms with van der Waals surface area (Å²) >= 11 is 1.34. The lowest BCUT2D eigenvalue weighted by atomic mass is 10.1. The first-order valence-corrected chi connectivity index (χ1v) is 11.1. The number of aromatic nitrogens is 4. The van der Waals surface area contributed by atoms with Gasteiger partial charge in [0.15, 0.2) is 11.0 Å².